The number of carbonyl (C=O) groups is 1. The molecule has 2 aromatic rings. The van der Waals surface area contributed by atoms with E-state index in [1.54, 1.807) is 23.3 Å². The zero-order valence-electron chi connectivity index (χ0n) is 9.76. The zero-order valence-corrected chi connectivity index (χ0v) is 10.6. The molecule has 1 aromatic heterocycles. The average molecular weight is 265 g/mol. The fourth-order valence-corrected chi connectivity index (χ4v) is 2.47. The van der Waals surface area contributed by atoms with Gasteiger partial charge in [-0.25, -0.2) is 9.18 Å². The van der Waals surface area contributed by atoms with Crippen molar-refractivity contribution in [2.75, 3.05) is 11.9 Å². The first kappa shape index (κ1) is 12.6. The van der Waals surface area contributed by atoms with Gasteiger partial charge >= 0.3 is 5.97 Å². The fraction of sp³-hybridized carbons (Fsp3) is 0.154. The molecule has 1 N–H and O–H groups in total. The summed E-state index contributed by atoms with van der Waals surface area (Å²) >= 11 is 1.55. The molecule has 1 aromatic carbocycles. The molecule has 18 heavy (non-hydrogen) atoms. The van der Waals surface area contributed by atoms with E-state index in [-0.39, 0.29) is 11.3 Å². The fourth-order valence-electron chi connectivity index (χ4n) is 1.81. The van der Waals surface area contributed by atoms with Crippen molar-refractivity contribution < 1.29 is 14.3 Å². The van der Waals surface area contributed by atoms with Crippen LogP contribution in [-0.2, 0) is 6.54 Å². The minimum atomic E-state index is -1.12. The molecule has 94 valence electrons. The van der Waals surface area contributed by atoms with Crippen molar-refractivity contribution in [2.45, 2.75) is 6.54 Å². The van der Waals surface area contributed by atoms with Crippen LogP contribution in [0.4, 0.5) is 10.1 Å². The molecule has 0 saturated carbocycles. The van der Waals surface area contributed by atoms with E-state index in [0.29, 0.717) is 6.54 Å². The maximum absolute atomic E-state index is 13.8. The summed E-state index contributed by atoms with van der Waals surface area (Å²) in [6.45, 7) is 0.477. The van der Waals surface area contributed by atoms with Gasteiger partial charge in [0.2, 0.25) is 0 Å². The smallest absolute Gasteiger partial charge is 0.337 e. The van der Waals surface area contributed by atoms with Crippen LogP contribution < -0.4 is 4.90 Å². The zero-order chi connectivity index (χ0) is 13.1. The number of hydrogen-bond acceptors (Lipinski definition) is 3. The van der Waals surface area contributed by atoms with Gasteiger partial charge in [-0.15, -0.1) is 0 Å². The molecule has 0 spiro atoms. The van der Waals surface area contributed by atoms with Gasteiger partial charge in [0.05, 0.1) is 11.3 Å². The first-order valence-electron chi connectivity index (χ1n) is 5.33. The molecule has 0 atom stereocenters. The van der Waals surface area contributed by atoms with E-state index in [1.807, 2.05) is 16.8 Å². The lowest BCUT2D eigenvalue weighted by atomic mass is 10.1. The van der Waals surface area contributed by atoms with Crippen LogP contribution in [0.15, 0.2) is 35.0 Å². The molecule has 0 aliphatic rings. The standard InChI is InChI=1S/C13H12FNO2S/c1-15(7-9-5-6-18-8-9)12-10(13(16)17)3-2-4-11(12)14/h2-6,8H,7H2,1H3,(H,16,17). The maximum atomic E-state index is 13.8. The lowest BCUT2D eigenvalue weighted by Gasteiger charge is -2.21. The van der Waals surface area contributed by atoms with Gasteiger partial charge in [-0.2, -0.15) is 11.3 Å². The molecule has 0 aliphatic carbocycles. The molecule has 3 nitrogen and oxygen atoms in total. The third-order valence-corrected chi connectivity index (χ3v) is 3.33. The van der Waals surface area contributed by atoms with Crippen molar-refractivity contribution in [3.8, 4) is 0 Å². The van der Waals surface area contributed by atoms with Crippen molar-refractivity contribution in [3.63, 3.8) is 0 Å². The maximum Gasteiger partial charge on any atom is 0.337 e. The van der Waals surface area contributed by atoms with Crippen molar-refractivity contribution >= 4 is 23.0 Å². The Labute approximate surface area is 108 Å². The van der Waals surface area contributed by atoms with Gasteiger partial charge in [-0.1, -0.05) is 6.07 Å². The van der Waals surface area contributed by atoms with E-state index in [4.69, 9.17) is 5.11 Å². The summed E-state index contributed by atoms with van der Waals surface area (Å²) in [7, 11) is 1.68. The summed E-state index contributed by atoms with van der Waals surface area (Å²) in [4.78, 5) is 12.7. The van der Waals surface area contributed by atoms with Gasteiger partial charge in [0.25, 0.3) is 0 Å². The first-order valence-corrected chi connectivity index (χ1v) is 6.28. The van der Waals surface area contributed by atoms with E-state index >= 15 is 0 Å². The number of nitrogens with zero attached hydrogens (tertiary/aromatic N) is 1. The highest BCUT2D eigenvalue weighted by Gasteiger charge is 2.17. The van der Waals surface area contributed by atoms with Crippen molar-refractivity contribution in [1.82, 2.24) is 0 Å². The lowest BCUT2D eigenvalue weighted by Crippen LogP contribution is -2.20. The summed E-state index contributed by atoms with van der Waals surface area (Å²) in [5, 5.41) is 13.0. The van der Waals surface area contributed by atoms with Crippen LogP contribution in [0.3, 0.4) is 0 Å². The van der Waals surface area contributed by atoms with Crippen molar-refractivity contribution in [2.24, 2.45) is 0 Å². The summed E-state index contributed by atoms with van der Waals surface area (Å²) in [5.74, 6) is -1.64. The predicted octanol–water partition coefficient (Wildman–Crippen LogP) is 3.22. The Morgan fingerprint density at radius 1 is 1.44 bits per heavy atom. The second kappa shape index (κ2) is 5.18. The number of carboxylic acids is 1. The number of thiophene rings is 1. The van der Waals surface area contributed by atoms with Crippen molar-refractivity contribution in [3.05, 3.63) is 52.0 Å². The minimum absolute atomic E-state index is 0.0206. The van der Waals surface area contributed by atoms with Crippen LogP contribution in [0.25, 0.3) is 0 Å². The van der Waals surface area contributed by atoms with E-state index < -0.39 is 11.8 Å². The summed E-state index contributed by atoms with van der Waals surface area (Å²) in [6.07, 6.45) is 0. The number of rotatable bonds is 4. The highest BCUT2D eigenvalue weighted by atomic mass is 32.1. The summed E-state index contributed by atoms with van der Waals surface area (Å²) < 4.78 is 13.8. The number of halogens is 1. The molecule has 0 fully saturated rings. The third kappa shape index (κ3) is 2.51. The molecule has 0 unspecified atom stereocenters. The Hall–Kier alpha value is -1.88. The molecule has 1 heterocycles. The monoisotopic (exact) mass is 265 g/mol. The predicted molar refractivity (Wildman–Crippen MR) is 69.8 cm³/mol. The topological polar surface area (TPSA) is 40.5 Å². The second-order valence-electron chi connectivity index (χ2n) is 3.93. The molecule has 0 aliphatic heterocycles. The normalized spacial score (nSPS) is 10.3. The van der Waals surface area contributed by atoms with Crippen LogP contribution in [0.1, 0.15) is 15.9 Å². The first-order chi connectivity index (χ1) is 8.59. The SMILES string of the molecule is CN(Cc1ccsc1)c1c(F)cccc1C(=O)O. The number of anilines is 1. The van der Waals surface area contributed by atoms with Gasteiger partial charge in [-0.05, 0) is 34.5 Å². The van der Waals surface area contributed by atoms with Gasteiger partial charge < -0.3 is 10.0 Å². The second-order valence-corrected chi connectivity index (χ2v) is 4.71. The molecular weight excluding hydrogens is 253 g/mol. The largest absolute Gasteiger partial charge is 0.478 e. The average Bonchev–Trinajstić information content (AvgIpc) is 2.81. The molecule has 0 radical (unpaired) electrons. The Morgan fingerprint density at radius 2 is 2.22 bits per heavy atom. The molecule has 2 rings (SSSR count). The van der Waals surface area contributed by atoms with Crippen LogP contribution in [-0.4, -0.2) is 18.1 Å². The van der Waals surface area contributed by atoms with E-state index in [2.05, 4.69) is 0 Å². The number of aromatic carboxylic acids is 1. The minimum Gasteiger partial charge on any atom is -0.478 e. The summed E-state index contributed by atoms with van der Waals surface area (Å²) in [6, 6.07) is 6.01. The Balaban J connectivity index is 2.34. The van der Waals surface area contributed by atoms with E-state index in [9.17, 15) is 9.18 Å². The van der Waals surface area contributed by atoms with Gasteiger partial charge in [0.15, 0.2) is 0 Å². The molecule has 0 bridgehead atoms. The Kier molecular flexibility index (Phi) is 3.62. The molecule has 0 amide bonds. The van der Waals surface area contributed by atoms with E-state index in [0.717, 1.165) is 5.56 Å². The highest BCUT2D eigenvalue weighted by molar-refractivity contribution is 7.07. The van der Waals surface area contributed by atoms with Crippen LogP contribution in [0.2, 0.25) is 0 Å². The Bertz CT molecular complexity index is 554. The quantitative estimate of drug-likeness (QED) is 0.922. The van der Waals surface area contributed by atoms with Gasteiger partial charge in [0, 0.05) is 13.6 Å². The van der Waals surface area contributed by atoms with E-state index in [1.165, 1.54) is 18.2 Å². The van der Waals surface area contributed by atoms with Crippen molar-refractivity contribution in [1.29, 1.82) is 0 Å². The van der Waals surface area contributed by atoms with Crippen LogP contribution in [0.5, 0.6) is 0 Å². The lowest BCUT2D eigenvalue weighted by molar-refractivity contribution is 0.0697. The number of hydrogen-bond donors (Lipinski definition) is 1. The number of benzene rings is 1. The van der Waals surface area contributed by atoms with Gasteiger partial charge in [-0.3, -0.25) is 0 Å². The van der Waals surface area contributed by atoms with Gasteiger partial charge in [0.1, 0.15) is 5.82 Å². The number of para-hydroxylation sites is 1. The molecular formula is C13H12FNO2S. The Morgan fingerprint density at radius 3 is 2.83 bits per heavy atom. The van der Waals surface area contributed by atoms with Crippen LogP contribution >= 0.6 is 11.3 Å². The number of carboxylic acid groups (broad SMARTS) is 1. The van der Waals surface area contributed by atoms with Crippen LogP contribution in [0, 0.1) is 5.82 Å². The summed E-state index contributed by atoms with van der Waals surface area (Å²) in [5.41, 5.74) is 1.13. The highest BCUT2D eigenvalue weighted by Crippen LogP contribution is 2.25. The molecule has 0 saturated heterocycles. The molecule has 5 heteroatoms. The third-order valence-electron chi connectivity index (χ3n) is 2.60.